The van der Waals surface area contributed by atoms with Gasteiger partial charge in [0.15, 0.2) is 0 Å². The summed E-state index contributed by atoms with van der Waals surface area (Å²) >= 11 is 0. The maximum Gasteiger partial charge on any atom is 0.328 e. The Morgan fingerprint density at radius 2 is 2.00 bits per heavy atom. The molecule has 0 radical (unpaired) electrons. The van der Waals surface area contributed by atoms with Gasteiger partial charge in [0.25, 0.3) is 0 Å². The third-order valence-corrected chi connectivity index (χ3v) is 2.42. The standard InChI is InChI=1S/C15H19NO2/c1-12(2)11-14(15(17)18)16-10-6-9-13-7-4-3-5-8-13/h3-10,12,14H,11H2,1-2H3,(H,17,18)/b9-6+,16-10?. The number of benzene rings is 1. The topological polar surface area (TPSA) is 49.7 Å². The van der Waals surface area contributed by atoms with E-state index < -0.39 is 12.0 Å². The van der Waals surface area contributed by atoms with E-state index in [1.165, 1.54) is 0 Å². The van der Waals surface area contributed by atoms with Gasteiger partial charge < -0.3 is 5.11 Å². The molecule has 0 bridgehead atoms. The lowest BCUT2D eigenvalue weighted by molar-refractivity contribution is -0.138. The third kappa shape index (κ3) is 5.43. The van der Waals surface area contributed by atoms with Gasteiger partial charge in [0.05, 0.1) is 0 Å². The van der Waals surface area contributed by atoms with Crippen molar-refractivity contribution in [1.82, 2.24) is 0 Å². The molecular weight excluding hydrogens is 226 g/mol. The zero-order chi connectivity index (χ0) is 13.4. The van der Waals surface area contributed by atoms with Crippen molar-refractivity contribution in [2.75, 3.05) is 0 Å². The summed E-state index contributed by atoms with van der Waals surface area (Å²) in [4.78, 5) is 15.0. The number of aliphatic carboxylic acids is 1. The number of aliphatic imine (C=N–C) groups is 1. The van der Waals surface area contributed by atoms with Crippen LogP contribution in [0.5, 0.6) is 0 Å². The molecule has 1 N–H and O–H groups in total. The molecule has 0 saturated carbocycles. The minimum atomic E-state index is -0.868. The molecule has 0 aliphatic heterocycles. The Balaban J connectivity index is 2.57. The predicted octanol–water partition coefficient (Wildman–Crippen LogP) is 3.27. The molecule has 0 spiro atoms. The Morgan fingerprint density at radius 1 is 1.33 bits per heavy atom. The third-order valence-electron chi connectivity index (χ3n) is 2.42. The number of nitrogens with zero attached hydrogens (tertiary/aromatic N) is 1. The van der Waals surface area contributed by atoms with E-state index in [4.69, 9.17) is 5.11 Å². The first kappa shape index (κ1) is 14.2. The van der Waals surface area contributed by atoms with Crippen LogP contribution in [0.1, 0.15) is 25.8 Å². The molecule has 1 atom stereocenters. The van der Waals surface area contributed by atoms with Gasteiger partial charge in [0.2, 0.25) is 0 Å². The van der Waals surface area contributed by atoms with Crippen LogP contribution in [0.2, 0.25) is 0 Å². The Hall–Kier alpha value is -1.90. The highest BCUT2D eigenvalue weighted by Gasteiger charge is 2.16. The quantitative estimate of drug-likeness (QED) is 0.782. The molecule has 18 heavy (non-hydrogen) atoms. The molecule has 0 aliphatic carbocycles. The molecular formula is C15H19NO2. The van der Waals surface area contributed by atoms with E-state index in [2.05, 4.69) is 4.99 Å². The Bertz CT molecular complexity index is 421. The number of carboxylic acids is 1. The molecule has 1 unspecified atom stereocenters. The maximum atomic E-state index is 11.0. The van der Waals surface area contributed by atoms with Crippen molar-refractivity contribution in [3.05, 3.63) is 42.0 Å². The van der Waals surface area contributed by atoms with Gasteiger partial charge in [0.1, 0.15) is 6.04 Å². The summed E-state index contributed by atoms with van der Waals surface area (Å²) in [7, 11) is 0. The number of allylic oxidation sites excluding steroid dienone is 1. The maximum absolute atomic E-state index is 11.0. The molecule has 1 rings (SSSR count). The van der Waals surface area contributed by atoms with Crippen molar-refractivity contribution >= 4 is 18.3 Å². The highest BCUT2D eigenvalue weighted by atomic mass is 16.4. The van der Waals surface area contributed by atoms with E-state index in [0.29, 0.717) is 12.3 Å². The minimum Gasteiger partial charge on any atom is -0.480 e. The molecule has 1 aromatic carbocycles. The van der Waals surface area contributed by atoms with Gasteiger partial charge in [-0.1, -0.05) is 50.3 Å². The number of carbonyl (C=O) groups is 1. The fourth-order valence-corrected chi connectivity index (χ4v) is 1.54. The first-order chi connectivity index (χ1) is 8.59. The summed E-state index contributed by atoms with van der Waals surface area (Å²) in [5.74, 6) is -0.547. The molecule has 0 amide bonds. The second-order valence-corrected chi connectivity index (χ2v) is 4.55. The fraction of sp³-hybridized carbons (Fsp3) is 0.333. The predicted molar refractivity (Wildman–Crippen MR) is 74.8 cm³/mol. The number of hydrogen-bond acceptors (Lipinski definition) is 2. The van der Waals surface area contributed by atoms with Crippen molar-refractivity contribution in [3.8, 4) is 0 Å². The van der Waals surface area contributed by atoms with Crippen molar-refractivity contribution in [2.45, 2.75) is 26.3 Å². The van der Waals surface area contributed by atoms with Crippen molar-refractivity contribution < 1.29 is 9.90 Å². The van der Waals surface area contributed by atoms with Crippen molar-refractivity contribution in [1.29, 1.82) is 0 Å². The molecule has 0 aliphatic rings. The average molecular weight is 245 g/mol. The number of carboxylic acid groups (broad SMARTS) is 1. The molecule has 0 aromatic heterocycles. The van der Waals surface area contributed by atoms with Crippen LogP contribution in [0, 0.1) is 5.92 Å². The number of hydrogen-bond donors (Lipinski definition) is 1. The second kappa shape index (κ2) is 7.43. The van der Waals surface area contributed by atoms with Gasteiger partial charge in [0, 0.05) is 6.21 Å². The zero-order valence-electron chi connectivity index (χ0n) is 10.8. The zero-order valence-corrected chi connectivity index (χ0v) is 10.8. The van der Waals surface area contributed by atoms with Crippen LogP contribution >= 0.6 is 0 Å². The monoisotopic (exact) mass is 245 g/mol. The van der Waals surface area contributed by atoms with E-state index in [0.717, 1.165) is 5.56 Å². The summed E-state index contributed by atoms with van der Waals surface area (Å²) in [6.45, 7) is 3.98. The lowest BCUT2D eigenvalue weighted by atomic mass is 10.0. The smallest absolute Gasteiger partial charge is 0.328 e. The lowest BCUT2D eigenvalue weighted by Gasteiger charge is -2.08. The molecule has 0 fully saturated rings. The van der Waals surface area contributed by atoms with Crippen molar-refractivity contribution in [2.24, 2.45) is 10.9 Å². The summed E-state index contributed by atoms with van der Waals surface area (Å²) in [5.41, 5.74) is 1.07. The molecule has 1 aromatic rings. The highest BCUT2D eigenvalue weighted by Crippen LogP contribution is 2.08. The SMILES string of the molecule is CC(C)CC(N=C/C=C/c1ccccc1)C(=O)O. The van der Waals surface area contributed by atoms with Crippen molar-refractivity contribution in [3.63, 3.8) is 0 Å². The van der Waals surface area contributed by atoms with E-state index in [1.807, 2.05) is 50.3 Å². The summed E-state index contributed by atoms with van der Waals surface area (Å²) in [6.07, 6.45) is 5.79. The van der Waals surface area contributed by atoms with Gasteiger partial charge in [-0.25, -0.2) is 4.79 Å². The van der Waals surface area contributed by atoms with E-state index in [9.17, 15) is 4.79 Å². The van der Waals surface area contributed by atoms with Crippen LogP contribution in [0.3, 0.4) is 0 Å². The molecule has 3 nitrogen and oxygen atoms in total. The largest absolute Gasteiger partial charge is 0.480 e. The summed E-state index contributed by atoms with van der Waals surface area (Å²) < 4.78 is 0. The van der Waals surface area contributed by atoms with Gasteiger partial charge in [-0.2, -0.15) is 0 Å². The van der Waals surface area contributed by atoms with Crippen LogP contribution in [0.4, 0.5) is 0 Å². The molecule has 96 valence electrons. The van der Waals surface area contributed by atoms with Gasteiger partial charge in [-0.15, -0.1) is 0 Å². The normalized spacial score (nSPS) is 13.5. The Labute approximate surface area is 108 Å². The van der Waals surface area contributed by atoms with E-state index in [1.54, 1.807) is 12.3 Å². The Kier molecular flexibility index (Phi) is 5.85. The minimum absolute atomic E-state index is 0.321. The highest BCUT2D eigenvalue weighted by molar-refractivity contribution is 5.82. The van der Waals surface area contributed by atoms with Crippen LogP contribution in [-0.2, 0) is 4.79 Å². The van der Waals surface area contributed by atoms with Gasteiger partial charge in [-0.3, -0.25) is 4.99 Å². The second-order valence-electron chi connectivity index (χ2n) is 4.55. The number of rotatable bonds is 6. The van der Waals surface area contributed by atoms with Crippen LogP contribution in [0.15, 0.2) is 41.4 Å². The Morgan fingerprint density at radius 3 is 2.56 bits per heavy atom. The lowest BCUT2D eigenvalue weighted by Crippen LogP contribution is -2.19. The van der Waals surface area contributed by atoms with Gasteiger partial charge in [-0.05, 0) is 24.0 Å². The fourth-order valence-electron chi connectivity index (χ4n) is 1.54. The first-order valence-corrected chi connectivity index (χ1v) is 6.07. The summed E-state index contributed by atoms with van der Waals surface area (Å²) in [5, 5.41) is 9.00. The first-order valence-electron chi connectivity index (χ1n) is 6.07. The van der Waals surface area contributed by atoms with E-state index in [-0.39, 0.29) is 0 Å². The molecule has 0 saturated heterocycles. The van der Waals surface area contributed by atoms with E-state index >= 15 is 0 Å². The molecule has 3 heteroatoms. The molecule has 0 heterocycles. The van der Waals surface area contributed by atoms with Gasteiger partial charge >= 0.3 is 5.97 Å². The van der Waals surface area contributed by atoms with Crippen LogP contribution in [-0.4, -0.2) is 23.3 Å². The summed E-state index contributed by atoms with van der Waals surface area (Å²) in [6, 6.07) is 9.17. The van der Waals surface area contributed by atoms with Crippen LogP contribution < -0.4 is 0 Å². The average Bonchev–Trinajstić information content (AvgIpc) is 2.33. The van der Waals surface area contributed by atoms with Crippen LogP contribution in [0.25, 0.3) is 6.08 Å².